The van der Waals surface area contributed by atoms with E-state index in [1.165, 1.54) is 0 Å². The summed E-state index contributed by atoms with van der Waals surface area (Å²) in [6.07, 6.45) is 0. The smallest absolute Gasteiger partial charge is 0.239 e. The van der Waals surface area contributed by atoms with Crippen molar-refractivity contribution in [3.8, 4) is 11.4 Å². The Morgan fingerprint density at radius 2 is 2.04 bits per heavy atom. The lowest BCUT2D eigenvalue weighted by atomic mass is 10.2. The van der Waals surface area contributed by atoms with E-state index in [0.29, 0.717) is 10.9 Å². The zero-order chi connectivity index (χ0) is 18.0. The molecule has 0 amide bonds. The van der Waals surface area contributed by atoms with Crippen LogP contribution in [0.2, 0.25) is 5.02 Å². The van der Waals surface area contributed by atoms with Crippen molar-refractivity contribution in [2.24, 2.45) is 0 Å². The van der Waals surface area contributed by atoms with E-state index in [2.05, 4.69) is 31.8 Å². The van der Waals surface area contributed by atoms with Gasteiger partial charge in [0.05, 0.1) is 5.25 Å². The SMILES string of the molecule is CCn1c(S[C@H](C)c2nc(C(C)C)no2)nnc1-c1cccc(Cl)c1. The molecule has 3 aromatic rings. The first kappa shape index (κ1) is 17.9. The van der Waals surface area contributed by atoms with E-state index in [-0.39, 0.29) is 11.2 Å². The number of aromatic nitrogens is 5. The maximum Gasteiger partial charge on any atom is 0.239 e. The largest absolute Gasteiger partial charge is 0.338 e. The normalized spacial score (nSPS) is 12.7. The summed E-state index contributed by atoms with van der Waals surface area (Å²) >= 11 is 7.65. The van der Waals surface area contributed by atoms with E-state index in [1.807, 2.05) is 45.0 Å². The summed E-state index contributed by atoms with van der Waals surface area (Å²) in [4.78, 5) is 4.46. The molecule has 25 heavy (non-hydrogen) atoms. The molecule has 0 unspecified atom stereocenters. The molecule has 1 aromatic carbocycles. The average Bonchev–Trinajstić information content (AvgIpc) is 3.21. The first-order chi connectivity index (χ1) is 12.0. The van der Waals surface area contributed by atoms with Crippen LogP contribution in [-0.4, -0.2) is 24.9 Å². The monoisotopic (exact) mass is 377 g/mol. The van der Waals surface area contributed by atoms with Gasteiger partial charge in [-0.25, -0.2) is 0 Å². The molecule has 1 atom stereocenters. The predicted octanol–water partition coefficient (Wildman–Crippen LogP) is 4.98. The molecule has 0 radical (unpaired) electrons. The molecular weight excluding hydrogens is 358 g/mol. The van der Waals surface area contributed by atoms with Gasteiger partial charge in [-0.3, -0.25) is 0 Å². The minimum atomic E-state index is -0.0123. The highest BCUT2D eigenvalue weighted by Gasteiger charge is 2.21. The van der Waals surface area contributed by atoms with Gasteiger partial charge < -0.3 is 9.09 Å². The maximum atomic E-state index is 6.10. The summed E-state index contributed by atoms with van der Waals surface area (Å²) < 4.78 is 7.45. The van der Waals surface area contributed by atoms with Gasteiger partial charge in [0, 0.05) is 23.0 Å². The van der Waals surface area contributed by atoms with Crippen molar-refractivity contribution in [1.82, 2.24) is 24.9 Å². The van der Waals surface area contributed by atoms with Gasteiger partial charge in [-0.15, -0.1) is 10.2 Å². The molecule has 0 fully saturated rings. The fourth-order valence-corrected chi connectivity index (χ4v) is 3.49. The van der Waals surface area contributed by atoms with Crippen LogP contribution in [0.15, 0.2) is 33.9 Å². The number of nitrogens with zero attached hydrogens (tertiary/aromatic N) is 5. The fourth-order valence-electron chi connectivity index (χ4n) is 2.36. The Kier molecular flexibility index (Phi) is 5.44. The molecule has 2 heterocycles. The molecule has 0 N–H and O–H groups in total. The van der Waals surface area contributed by atoms with Crippen LogP contribution in [0.25, 0.3) is 11.4 Å². The summed E-state index contributed by atoms with van der Waals surface area (Å²) in [6.45, 7) is 8.92. The minimum absolute atomic E-state index is 0.0123. The summed E-state index contributed by atoms with van der Waals surface area (Å²) in [7, 11) is 0. The van der Waals surface area contributed by atoms with Crippen molar-refractivity contribution in [2.45, 2.75) is 50.6 Å². The van der Waals surface area contributed by atoms with Crippen LogP contribution in [-0.2, 0) is 6.54 Å². The highest BCUT2D eigenvalue weighted by molar-refractivity contribution is 7.99. The van der Waals surface area contributed by atoms with E-state index in [9.17, 15) is 0 Å². The Bertz CT molecular complexity index is 860. The lowest BCUT2D eigenvalue weighted by molar-refractivity contribution is 0.373. The zero-order valence-corrected chi connectivity index (χ0v) is 16.2. The number of benzene rings is 1. The summed E-state index contributed by atoms with van der Waals surface area (Å²) in [6, 6.07) is 7.63. The van der Waals surface area contributed by atoms with Gasteiger partial charge in [-0.1, -0.05) is 54.5 Å². The molecule has 0 bridgehead atoms. The molecule has 2 aromatic heterocycles. The second-order valence-corrected chi connectivity index (χ2v) is 7.71. The molecular formula is C17H20ClN5OS. The molecule has 3 rings (SSSR count). The van der Waals surface area contributed by atoms with Crippen LogP contribution in [0.5, 0.6) is 0 Å². The minimum Gasteiger partial charge on any atom is -0.338 e. The molecule has 0 aliphatic rings. The molecule has 6 nitrogen and oxygen atoms in total. The summed E-state index contributed by atoms with van der Waals surface area (Å²) in [5, 5.41) is 14.2. The Hall–Kier alpha value is -1.86. The Balaban J connectivity index is 1.85. The van der Waals surface area contributed by atoms with E-state index >= 15 is 0 Å². The molecule has 0 aliphatic carbocycles. The second-order valence-electron chi connectivity index (χ2n) is 5.97. The highest BCUT2D eigenvalue weighted by Crippen LogP contribution is 2.35. The lowest BCUT2D eigenvalue weighted by Crippen LogP contribution is -2.01. The fraction of sp³-hybridized carbons (Fsp3) is 0.412. The number of thioether (sulfide) groups is 1. The zero-order valence-electron chi connectivity index (χ0n) is 14.6. The third-order valence-corrected chi connectivity index (χ3v) is 5.02. The highest BCUT2D eigenvalue weighted by atomic mass is 35.5. The molecule has 0 aliphatic heterocycles. The number of halogens is 1. The van der Waals surface area contributed by atoms with Crippen LogP contribution >= 0.6 is 23.4 Å². The van der Waals surface area contributed by atoms with Crippen LogP contribution in [0.4, 0.5) is 0 Å². The van der Waals surface area contributed by atoms with Gasteiger partial charge in [0.1, 0.15) is 0 Å². The Labute approximate surface area is 156 Å². The quantitative estimate of drug-likeness (QED) is 0.564. The van der Waals surface area contributed by atoms with Crippen molar-refractivity contribution < 1.29 is 4.52 Å². The number of rotatable bonds is 6. The average molecular weight is 378 g/mol. The predicted molar refractivity (Wildman–Crippen MR) is 98.8 cm³/mol. The van der Waals surface area contributed by atoms with Gasteiger partial charge >= 0.3 is 0 Å². The Morgan fingerprint density at radius 3 is 2.68 bits per heavy atom. The third-order valence-electron chi connectivity index (χ3n) is 3.72. The number of hydrogen-bond donors (Lipinski definition) is 0. The van der Waals surface area contributed by atoms with Crippen molar-refractivity contribution in [2.75, 3.05) is 0 Å². The molecule has 0 saturated heterocycles. The van der Waals surface area contributed by atoms with Crippen LogP contribution in [0.1, 0.15) is 50.6 Å². The Morgan fingerprint density at radius 1 is 1.24 bits per heavy atom. The van der Waals surface area contributed by atoms with E-state index in [0.717, 1.165) is 28.9 Å². The van der Waals surface area contributed by atoms with Crippen molar-refractivity contribution >= 4 is 23.4 Å². The van der Waals surface area contributed by atoms with E-state index in [4.69, 9.17) is 16.1 Å². The maximum absolute atomic E-state index is 6.10. The van der Waals surface area contributed by atoms with Crippen LogP contribution < -0.4 is 0 Å². The van der Waals surface area contributed by atoms with Gasteiger partial charge in [-0.05, 0) is 26.0 Å². The van der Waals surface area contributed by atoms with Crippen LogP contribution in [0.3, 0.4) is 0 Å². The van der Waals surface area contributed by atoms with E-state index < -0.39 is 0 Å². The lowest BCUT2D eigenvalue weighted by Gasteiger charge is -2.09. The van der Waals surface area contributed by atoms with Gasteiger partial charge in [0.25, 0.3) is 0 Å². The second kappa shape index (κ2) is 7.58. The molecule has 132 valence electrons. The third kappa shape index (κ3) is 3.88. The van der Waals surface area contributed by atoms with Crippen molar-refractivity contribution in [1.29, 1.82) is 0 Å². The first-order valence-electron chi connectivity index (χ1n) is 8.18. The topological polar surface area (TPSA) is 69.6 Å². The van der Waals surface area contributed by atoms with Gasteiger partial charge in [-0.2, -0.15) is 4.98 Å². The summed E-state index contributed by atoms with van der Waals surface area (Å²) in [5.74, 6) is 2.36. The van der Waals surface area contributed by atoms with Crippen LogP contribution in [0, 0.1) is 0 Å². The molecule has 8 heteroatoms. The molecule has 0 saturated carbocycles. The summed E-state index contributed by atoms with van der Waals surface area (Å²) in [5.41, 5.74) is 0.946. The first-order valence-corrected chi connectivity index (χ1v) is 9.44. The van der Waals surface area contributed by atoms with E-state index in [1.54, 1.807) is 11.8 Å². The van der Waals surface area contributed by atoms with Crippen molar-refractivity contribution in [3.05, 3.63) is 41.0 Å². The standard InChI is InChI=1S/C17H20ClN5OS/c1-5-23-15(12-7-6-8-13(18)9-12)20-21-17(23)25-11(4)16-19-14(10(2)3)22-24-16/h6-11H,5H2,1-4H3/t11-/m1/s1. The number of hydrogen-bond acceptors (Lipinski definition) is 6. The van der Waals surface area contributed by atoms with Crippen molar-refractivity contribution in [3.63, 3.8) is 0 Å². The van der Waals surface area contributed by atoms with Gasteiger partial charge in [0.15, 0.2) is 16.8 Å². The van der Waals surface area contributed by atoms with Gasteiger partial charge in [0.2, 0.25) is 5.89 Å². The molecule has 0 spiro atoms.